The van der Waals surface area contributed by atoms with Crippen molar-refractivity contribution in [2.75, 3.05) is 0 Å². The lowest BCUT2D eigenvalue weighted by Crippen LogP contribution is -2.32. The summed E-state index contributed by atoms with van der Waals surface area (Å²) in [6.07, 6.45) is 1.77. The number of aryl methyl sites for hydroxylation is 2. The zero-order chi connectivity index (χ0) is 12.3. The van der Waals surface area contributed by atoms with Gasteiger partial charge in [-0.15, -0.1) is 0 Å². The van der Waals surface area contributed by atoms with Crippen LogP contribution < -0.4 is 5.73 Å². The first-order valence-corrected chi connectivity index (χ1v) is 5.41. The summed E-state index contributed by atoms with van der Waals surface area (Å²) < 4.78 is 0. The van der Waals surface area contributed by atoms with E-state index in [2.05, 4.69) is 0 Å². The Morgan fingerprint density at radius 1 is 1.44 bits per heavy atom. The Morgan fingerprint density at radius 2 is 2.06 bits per heavy atom. The van der Waals surface area contributed by atoms with Gasteiger partial charge in [0, 0.05) is 5.54 Å². The number of hydrogen-bond acceptors (Lipinski definition) is 2. The highest BCUT2D eigenvalue weighted by atomic mass is 16.4. The Bertz CT molecular complexity index is 391. The molecule has 3 heteroatoms. The van der Waals surface area contributed by atoms with Crippen LogP contribution in [0.25, 0.3) is 0 Å². The summed E-state index contributed by atoms with van der Waals surface area (Å²) in [5.41, 5.74) is 8.04. The lowest BCUT2D eigenvalue weighted by molar-refractivity contribution is 0.0696. The third-order valence-electron chi connectivity index (χ3n) is 2.58. The summed E-state index contributed by atoms with van der Waals surface area (Å²) in [5, 5.41) is 8.90. The van der Waals surface area contributed by atoms with Gasteiger partial charge in [0.1, 0.15) is 0 Å². The number of carbonyl (C=O) groups is 1. The van der Waals surface area contributed by atoms with Crippen LogP contribution in [-0.2, 0) is 6.42 Å². The molecular formula is C13H19NO2. The second-order valence-electron chi connectivity index (χ2n) is 4.94. The Hall–Kier alpha value is -1.35. The van der Waals surface area contributed by atoms with Crippen LogP contribution in [0, 0.1) is 6.92 Å². The van der Waals surface area contributed by atoms with Crippen molar-refractivity contribution in [3.05, 3.63) is 34.9 Å². The van der Waals surface area contributed by atoms with Crippen LogP contribution in [0.2, 0.25) is 0 Å². The first-order valence-electron chi connectivity index (χ1n) is 5.41. The first kappa shape index (κ1) is 12.7. The van der Waals surface area contributed by atoms with E-state index in [9.17, 15) is 4.79 Å². The van der Waals surface area contributed by atoms with Crippen molar-refractivity contribution in [2.24, 2.45) is 5.73 Å². The highest BCUT2D eigenvalue weighted by molar-refractivity contribution is 5.89. The molecule has 0 amide bonds. The third kappa shape index (κ3) is 3.66. The van der Waals surface area contributed by atoms with Gasteiger partial charge in [-0.2, -0.15) is 0 Å². The molecule has 0 spiro atoms. The summed E-state index contributed by atoms with van der Waals surface area (Å²) in [6.45, 7) is 5.80. The van der Waals surface area contributed by atoms with Crippen molar-refractivity contribution in [1.82, 2.24) is 0 Å². The highest BCUT2D eigenvalue weighted by Gasteiger charge is 2.12. The monoisotopic (exact) mass is 221 g/mol. The molecule has 1 rings (SSSR count). The third-order valence-corrected chi connectivity index (χ3v) is 2.58. The molecule has 0 saturated heterocycles. The Labute approximate surface area is 96.3 Å². The maximum Gasteiger partial charge on any atom is 0.335 e. The fraction of sp³-hybridized carbons (Fsp3) is 0.462. The van der Waals surface area contributed by atoms with E-state index >= 15 is 0 Å². The lowest BCUT2D eigenvalue weighted by atomic mass is 9.95. The maximum absolute atomic E-state index is 10.8. The summed E-state index contributed by atoms with van der Waals surface area (Å²) in [5.74, 6) is -0.872. The van der Waals surface area contributed by atoms with Crippen molar-refractivity contribution >= 4 is 5.97 Å². The van der Waals surface area contributed by atoms with Crippen molar-refractivity contribution in [2.45, 2.75) is 39.2 Å². The zero-order valence-corrected chi connectivity index (χ0v) is 10.1. The topological polar surface area (TPSA) is 63.3 Å². The standard InChI is InChI=1S/C13H19NO2/c1-9-8-10(6-7-13(2,3)14)4-5-11(9)12(15)16/h4-5,8H,6-7,14H2,1-3H3,(H,15,16). The quantitative estimate of drug-likeness (QED) is 0.820. The molecule has 0 bridgehead atoms. The van der Waals surface area contributed by atoms with E-state index in [0.717, 1.165) is 24.0 Å². The van der Waals surface area contributed by atoms with Gasteiger partial charge in [-0.1, -0.05) is 12.1 Å². The van der Waals surface area contributed by atoms with Gasteiger partial charge in [0.05, 0.1) is 5.56 Å². The van der Waals surface area contributed by atoms with Gasteiger partial charge >= 0.3 is 5.97 Å². The van der Waals surface area contributed by atoms with E-state index in [1.807, 2.05) is 32.9 Å². The molecular weight excluding hydrogens is 202 g/mol. The number of rotatable bonds is 4. The van der Waals surface area contributed by atoms with Gasteiger partial charge in [-0.3, -0.25) is 0 Å². The molecule has 0 radical (unpaired) electrons. The summed E-state index contributed by atoms with van der Waals surface area (Å²) >= 11 is 0. The largest absolute Gasteiger partial charge is 0.478 e. The number of carboxylic acids is 1. The van der Waals surface area contributed by atoms with Crippen LogP contribution in [0.1, 0.15) is 41.8 Å². The van der Waals surface area contributed by atoms with Crippen molar-refractivity contribution in [3.8, 4) is 0 Å². The molecule has 1 aromatic carbocycles. The maximum atomic E-state index is 10.8. The molecule has 0 aliphatic heterocycles. The summed E-state index contributed by atoms with van der Waals surface area (Å²) in [4.78, 5) is 10.8. The molecule has 0 fully saturated rings. The van der Waals surface area contributed by atoms with Gasteiger partial charge in [-0.05, 0) is 50.8 Å². The minimum atomic E-state index is -0.872. The average molecular weight is 221 g/mol. The Balaban J connectivity index is 2.78. The smallest absolute Gasteiger partial charge is 0.335 e. The van der Waals surface area contributed by atoms with E-state index in [4.69, 9.17) is 10.8 Å². The summed E-state index contributed by atoms with van der Waals surface area (Å²) in [7, 11) is 0. The highest BCUT2D eigenvalue weighted by Crippen LogP contribution is 2.15. The van der Waals surface area contributed by atoms with E-state index < -0.39 is 5.97 Å². The van der Waals surface area contributed by atoms with E-state index in [1.165, 1.54) is 0 Å². The number of aromatic carboxylic acids is 1. The van der Waals surface area contributed by atoms with Crippen molar-refractivity contribution < 1.29 is 9.90 Å². The minimum Gasteiger partial charge on any atom is -0.478 e. The lowest BCUT2D eigenvalue weighted by Gasteiger charge is -2.18. The van der Waals surface area contributed by atoms with E-state index in [0.29, 0.717) is 5.56 Å². The second kappa shape index (κ2) is 4.66. The fourth-order valence-electron chi connectivity index (χ4n) is 1.59. The normalized spacial score (nSPS) is 11.5. The Kier molecular flexibility index (Phi) is 3.70. The van der Waals surface area contributed by atoms with Gasteiger partial charge in [0.2, 0.25) is 0 Å². The molecule has 0 saturated carbocycles. The minimum absolute atomic E-state index is 0.181. The number of hydrogen-bond donors (Lipinski definition) is 2. The van der Waals surface area contributed by atoms with Gasteiger partial charge < -0.3 is 10.8 Å². The molecule has 0 aromatic heterocycles. The van der Waals surface area contributed by atoms with Gasteiger partial charge in [0.25, 0.3) is 0 Å². The van der Waals surface area contributed by atoms with E-state index in [-0.39, 0.29) is 5.54 Å². The number of benzene rings is 1. The van der Waals surface area contributed by atoms with Crippen LogP contribution >= 0.6 is 0 Å². The number of carboxylic acid groups (broad SMARTS) is 1. The molecule has 0 aliphatic carbocycles. The second-order valence-corrected chi connectivity index (χ2v) is 4.94. The zero-order valence-electron chi connectivity index (χ0n) is 10.1. The van der Waals surface area contributed by atoms with E-state index in [1.54, 1.807) is 6.07 Å². The van der Waals surface area contributed by atoms with Crippen molar-refractivity contribution in [1.29, 1.82) is 0 Å². The van der Waals surface area contributed by atoms with Crippen LogP contribution in [0.4, 0.5) is 0 Å². The molecule has 0 aliphatic rings. The molecule has 0 unspecified atom stereocenters. The molecule has 0 atom stereocenters. The predicted octanol–water partition coefficient (Wildman–Crippen LogP) is 2.36. The first-order chi connectivity index (χ1) is 7.29. The average Bonchev–Trinajstić information content (AvgIpc) is 2.13. The van der Waals surface area contributed by atoms with Gasteiger partial charge in [0.15, 0.2) is 0 Å². The fourth-order valence-corrected chi connectivity index (χ4v) is 1.59. The van der Waals surface area contributed by atoms with Crippen LogP contribution in [0.15, 0.2) is 18.2 Å². The SMILES string of the molecule is Cc1cc(CCC(C)(C)N)ccc1C(=O)O. The molecule has 1 aromatic rings. The number of nitrogens with two attached hydrogens (primary N) is 1. The molecule has 88 valence electrons. The molecule has 3 nitrogen and oxygen atoms in total. The molecule has 16 heavy (non-hydrogen) atoms. The van der Waals surface area contributed by atoms with Crippen LogP contribution in [-0.4, -0.2) is 16.6 Å². The predicted molar refractivity (Wildman–Crippen MR) is 64.7 cm³/mol. The van der Waals surface area contributed by atoms with Gasteiger partial charge in [-0.25, -0.2) is 4.79 Å². The van der Waals surface area contributed by atoms with Crippen molar-refractivity contribution in [3.63, 3.8) is 0 Å². The van der Waals surface area contributed by atoms with Crippen LogP contribution in [0.5, 0.6) is 0 Å². The van der Waals surface area contributed by atoms with Crippen LogP contribution in [0.3, 0.4) is 0 Å². The Morgan fingerprint density at radius 3 is 2.50 bits per heavy atom. The molecule has 0 heterocycles. The summed E-state index contributed by atoms with van der Waals surface area (Å²) in [6, 6.07) is 5.45. The molecule has 3 N–H and O–H groups in total.